The second kappa shape index (κ2) is 9.60. The van der Waals surface area contributed by atoms with E-state index in [1.165, 1.54) is 10.4 Å². The van der Waals surface area contributed by atoms with Crippen molar-refractivity contribution in [3.05, 3.63) is 89.2 Å². The number of pyridine rings is 1. The smallest absolute Gasteiger partial charge is 0.255 e. The number of amides is 1. The molecule has 0 saturated carbocycles. The van der Waals surface area contributed by atoms with Gasteiger partial charge in [0.15, 0.2) is 0 Å². The third kappa shape index (κ3) is 5.04. The summed E-state index contributed by atoms with van der Waals surface area (Å²) in [4.78, 5) is 17.1. The van der Waals surface area contributed by atoms with Crippen molar-refractivity contribution in [1.29, 1.82) is 0 Å². The molecular formula is C24H25N3O4S. The van der Waals surface area contributed by atoms with Crippen LogP contribution in [0, 0.1) is 6.92 Å². The van der Waals surface area contributed by atoms with Crippen LogP contribution >= 0.6 is 0 Å². The highest BCUT2D eigenvalue weighted by atomic mass is 32.2. The number of ether oxygens (including phenoxy) is 1. The fraction of sp³-hybridized carbons (Fsp3) is 0.250. The van der Waals surface area contributed by atoms with E-state index in [0.29, 0.717) is 43.1 Å². The molecule has 4 rings (SSSR count). The molecule has 0 radical (unpaired) electrons. The van der Waals surface area contributed by atoms with Crippen molar-refractivity contribution in [2.75, 3.05) is 31.6 Å². The first-order valence-electron chi connectivity index (χ1n) is 10.4. The third-order valence-electron chi connectivity index (χ3n) is 5.43. The van der Waals surface area contributed by atoms with Crippen LogP contribution in [0.25, 0.3) is 0 Å². The van der Waals surface area contributed by atoms with Crippen LogP contribution in [-0.4, -0.2) is 49.9 Å². The Kier molecular flexibility index (Phi) is 6.64. The number of sulfonamides is 1. The number of morpholine rings is 1. The van der Waals surface area contributed by atoms with Crippen LogP contribution in [0.4, 0.5) is 5.69 Å². The highest BCUT2D eigenvalue weighted by Crippen LogP contribution is 2.22. The van der Waals surface area contributed by atoms with Crippen molar-refractivity contribution in [3.63, 3.8) is 0 Å². The topological polar surface area (TPSA) is 88.6 Å². The first-order chi connectivity index (χ1) is 15.4. The van der Waals surface area contributed by atoms with Crippen molar-refractivity contribution >= 4 is 21.6 Å². The molecule has 0 spiro atoms. The normalized spacial score (nSPS) is 14.8. The number of carbonyl (C=O) groups is 1. The number of aryl methyl sites for hydroxylation is 1. The molecule has 1 fully saturated rings. The summed E-state index contributed by atoms with van der Waals surface area (Å²) in [6.45, 7) is 3.15. The summed E-state index contributed by atoms with van der Waals surface area (Å²) in [7, 11) is -3.67. The predicted octanol–water partition coefficient (Wildman–Crippen LogP) is 3.25. The molecule has 1 N–H and O–H groups in total. The van der Waals surface area contributed by atoms with Gasteiger partial charge in [-0.1, -0.05) is 18.2 Å². The van der Waals surface area contributed by atoms with Gasteiger partial charge in [0.1, 0.15) is 0 Å². The molecule has 0 unspecified atom stereocenters. The van der Waals surface area contributed by atoms with E-state index < -0.39 is 10.0 Å². The third-order valence-corrected chi connectivity index (χ3v) is 7.33. The Hall–Kier alpha value is -3.07. The van der Waals surface area contributed by atoms with Gasteiger partial charge < -0.3 is 10.1 Å². The van der Waals surface area contributed by atoms with Crippen LogP contribution in [-0.2, 0) is 21.2 Å². The fourth-order valence-electron chi connectivity index (χ4n) is 3.58. The fourth-order valence-corrected chi connectivity index (χ4v) is 5.02. The number of hydrogen-bond acceptors (Lipinski definition) is 5. The Balaban J connectivity index is 1.49. The van der Waals surface area contributed by atoms with Gasteiger partial charge >= 0.3 is 0 Å². The van der Waals surface area contributed by atoms with Gasteiger partial charge in [-0.2, -0.15) is 4.31 Å². The average Bonchev–Trinajstić information content (AvgIpc) is 2.82. The Labute approximate surface area is 188 Å². The lowest BCUT2D eigenvalue weighted by molar-refractivity contribution is 0.0730. The van der Waals surface area contributed by atoms with Gasteiger partial charge in [-0.05, 0) is 66.4 Å². The first kappa shape index (κ1) is 22.1. The molecule has 7 nitrogen and oxygen atoms in total. The SMILES string of the molecule is Cc1ccc(S(=O)(=O)N2CCOCC2)cc1C(=O)Nc1ccc(Cc2ccncc2)cc1. The van der Waals surface area contributed by atoms with Gasteiger partial charge in [-0.25, -0.2) is 8.42 Å². The van der Waals surface area contributed by atoms with E-state index in [2.05, 4.69) is 10.3 Å². The number of hydrogen-bond donors (Lipinski definition) is 1. The van der Waals surface area contributed by atoms with Crippen LogP contribution in [0.2, 0.25) is 0 Å². The standard InChI is InChI=1S/C24H25N3O4S/c1-18-2-7-22(32(29,30)27-12-14-31-15-13-27)17-23(18)24(28)26-21-5-3-19(4-6-21)16-20-8-10-25-11-9-20/h2-11,17H,12-16H2,1H3,(H,26,28). The van der Waals surface area contributed by atoms with E-state index in [9.17, 15) is 13.2 Å². The van der Waals surface area contributed by atoms with Crippen LogP contribution in [0.5, 0.6) is 0 Å². The predicted molar refractivity (Wildman–Crippen MR) is 122 cm³/mol. The summed E-state index contributed by atoms with van der Waals surface area (Å²) in [5, 5.41) is 2.87. The van der Waals surface area contributed by atoms with Gasteiger partial charge in [0.25, 0.3) is 5.91 Å². The van der Waals surface area contributed by atoms with Crippen molar-refractivity contribution in [2.45, 2.75) is 18.2 Å². The van der Waals surface area contributed by atoms with Gasteiger partial charge in [0.2, 0.25) is 10.0 Å². The molecule has 8 heteroatoms. The number of aromatic nitrogens is 1. The molecule has 1 amide bonds. The molecule has 2 heterocycles. The van der Waals surface area contributed by atoms with Crippen molar-refractivity contribution in [1.82, 2.24) is 9.29 Å². The van der Waals surface area contributed by atoms with Crippen molar-refractivity contribution in [3.8, 4) is 0 Å². The zero-order valence-electron chi connectivity index (χ0n) is 17.8. The van der Waals surface area contributed by atoms with Crippen LogP contribution in [0.3, 0.4) is 0 Å². The van der Waals surface area contributed by atoms with E-state index in [1.807, 2.05) is 36.4 Å². The maximum atomic E-state index is 13.0. The Morgan fingerprint density at radius 3 is 2.34 bits per heavy atom. The highest BCUT2D eigenvalue weighted by Gasteiger charge is 2.27. The zero-order valence-corrected chi connectivity index (χ0v) is 18.6. The summed E-state index contributed by atoms with van der Waals surface area (Å²) in [6.07, 6.45) is 4.30. The monoisotopic (exact) mass is 451 g/mol. The van der Waals surface area contributed by atoms with E-state index in [1.54, 1.807) is 31.5 Å². The zero-order chi connectivity index (χ0) is 22.6. The summed E-state index contributed by atoms with van der Waals surface area (Å²) < 4.78 is 32.5. The quantitative estimate of drug-likeness (QED) is 0.622. The average molecular weight is 452 g/mol. The molecule has 166 valence electrons. The molecular weight excluding hydrogens is 426 g/mol. The lowest BCUT2D eigenvalue weighted by Gasteiger charge is -2.26. The minimum Gasteiger partial charge on any atom is -0.379 e. The van der Waals surface area contributed by atoms with Crippen molar-refractivity contribution in [2.24, 2.45) is 0 Å². The van der Waals surface area contributed by atoms with E-state index >= 15 is 0 Å². The second-order valence-corrected chi connectivity index (χ2v) is 9.61. The lowest BCUT2D eigenvalue weighted by atomic mass is 10.1. The molecule has 2 aromatic carbocycles. The number of carbonyl (C=O) groups excluding carboxylic acids is 1. The number of rotatable bonds is 6. The number of nitrogens with one attached hydrogen (secondary N) is 1. The molecule has 0 atom stereocenters. The van der Waals surface area contributed by atoms with Gasteiger partial charge in [-0.15, -0.1) is 0 Å². The molecule has 1 aliphatic rings. The minimum atomic E-state index is -3.67. The second-order valence-electron chi connectivity index (χ2n) is 7.68. The van der Waals surface area contributed by atoms with Crippen LogP contribution < -0.4 is 5.32 Å². The maximum Gasteiger partial charge on any atom is 0.255 e. The summed E-state index contributed by atoms with van der Waals surface area (Å²) in [5.74, 6) is -0.344. The highest BCUT2D eigenvalue weighted by molar-refractivity contribution is 7.89. The summed E-state index contributed by atoms with van der Waals surface area (Å²) in [5.41, 5.74) is 3.96. The Morgan fingerprint density at radius 1 is 1.00 bits per heavy atom. The van der Waals surface area contributed by atoms with Crippen LogP contribution in [0.1, 0.15) is 27.0 Å². The number of nitrogens with zero attached hydrogens (tertiary/aromatic N) is 2. The molecule has 0 aliphatic carbocycles. The van der Waals surface area contributed by atoms with E-state index in [-0.39, 0.29) is 10.8 Å². The molecule has 0 bridgehead atoms. The molecule has 1 aliphatic heterocycles. The Bertz CT molecular complexity index is 1190. The maximum absolute atomic E-state index is 13.0. The van der Waals surface area contributed by atoms with Crippen molar-refractivity contribution < 1.29 is 17.9 Å². The summed E-state index contributed by atoms with van der Waals surface area (Å²) in [6, 6.07) is 16.2. The molecule has 1 saturated heterocycles. The Morgan fingerprint density at radius 2 is 1.66 bits per heavy atom. The first-order valence-corrected chi connectivity index (χ1v) is 11.9. The lowest BCUT2D eigenvalue weighted by Crippen LogP contribution is -2.40. The summed E-state index contributed by atoms with van der Waals surface area (Å²) >= 11 is 0. The van der Waals surface area contributed by atoms with Gasteiger partial charge in [-0.3, -0.25) is 9.78 Å². The van der Waals surface area contributed by atoms with Gasteiger partial charge in [0, 0.05) is 36.7 Å². The minimum absolute atomic E-state index is 0.114. The largest absolute Gasteiger partial charge is 0.379 e. The number of benzene rings is 2. The number of anilines is 1. The molecule has 32 heavy (non-hydrogen) atoms. The van der Waals surface area contributed by atoms with Crippen LogP contribution in [0.15, 0.2) is 71.9 Å². The van der Waals surface area contributed by atoms with E-state index in [4.69, 9.17) is 4.74 Å². The van der Waals surface area contributed by atoms with E-state index in [0.717, 1.165) is 17.5 Å². The molecule has 1 aromatic heterocycles. The molecule has 3 aromatic rings. The van der Waals surface area contributed by atoms with Gasteiger partial charge in [0.05, 0.1) is 18.1 Å².